The molecule has 2 saturated heterocycles. The van der Waals surface area contributed by atoms with Crippen LogP contribution < -0.4 is 0 Å². The van der Waals surface area contributed by atoms with Crippen molar-refractivity contribution >= 4 is 23.6 Å². The summed E-state index contributed by atoms with van der Waals surface area (Å²) in [6.07, 6.45) is 4.01. The van der Waals surface area contributed by atoms with E-state index in [1.807, 2.05) is 16.7 Å². The topological polar surface area (TPSA) is 40.6 Å². The second kappa shape index (κ2) is 6.19. The van der Waals surface area contributed by atoms with E-state index in [1.165, 1.54) is 0 Å². The number of carbonyl (C=O) groups excluding carboxylic acids is 2. The second-order valence-corrected chi connectivity index (χ2v) is 8.23. The molecule has 3 rings (SSSR count). The van der Waals surface area contributed by atoms with Crippen LogP contribution in [0.5, 0.6) is 0 Å². The quantitative estimate of drug-likeness (QED) is 0.783. The molecule has 2 aliphatic heterocycles. The van der Waals surface area contributed by atoms with Gasteiger partial charge in [-0.15, -0.1) is 0 Å². The molecule has 21 heavy (non-hydrogen) atoms. The fourth-order valence-corrected chi connectivity index (χ4v) is 4.55. The van der Waals surface area contributed by atoms with E-state index < -0.39 is 0 Å². The van der Waals surface area contributed by atoms with Crippen LogP contribution in [0, 0.1) is 11.8 Å². The molecule has 0 aromatic carbocycles. The van der Waals surface area contributed by atoms with Gasteiger partial charge in [-0.05, 0) is 32.6 Å². The maximum absolute atomic E-state index is 12.8. The van der Waals surface area contributed by atoms with Gasteiger partial charge in [-0.3, -0.25) is 9.59 Å². The highest BCUT2D eigenvalue weighted by Gasteiger charge is 2.39. The molecule has 0 unspecified atom stereocenters. The largest absolute Gasteiger partial charge is 0.342 e. The molecule has 0 aromatic heterocycles. The van der Waals surface area contributed by atoms with Crippen molar-refractivity contribution in [1.29, 1.82) is 0 Å². The van der Waals surface area contributed by atoms with Crippen molar-refractivity contribution in [3.05, 3.63) is 0 Å². The molecule has 0 bridgehead atoms. The first-order chi connectivity index (χ1) is 10.1. The van der Waals surface area contributed by atoms with Gasteiger partial charge in [0.2, 0.25) is 11.8 Å². The van der Waals surface area contributed by atoms with Crippen LogP contribution in [0.1, 0.15) is 39.5 Å². The first-order valence-corrected chi connectivity index (χ1v) is 9.33. The van der Waals surface area contributed by atoms with E-state index in [2.05, 4.69) is 18.7 Å². The summed E-state index contributed by atoms with van der Waals surface area (Å²) < 4.78 is 0. The van der Waals surface area contributed by atoms with E-state index in [4.69, 9.17) is 0 Å². The number of hydrogen-bond acceptors (Lipinski definition) is 3. The molecule has 5 heteroatoms. The lowest BCUT2D eigenvalue weighted by Gasteiger charge is -2.41. The first kappa shape index (κ1) is 15.2. The van der Waals surface area contributed by atoms with E-state index >= 15 is 0 Å². The zero-order chi connectivity index (χ0) is 15.0. The van der Waals surface area contributed by atoms with Gasteiger partial charge in [0, 0.05) is 42.6 Å². The lowest BCUT2D eigenvalue weighted by Crippen LogP contribution is -2.53. The van der Waals surface area contributed by atoms with Gasteiger partial charge in [0.1, 0.15) is 0 Å². The minimum Gasteiger partial charge on any atom is -0.342 e. The smallest absolute Gasteiger partial charge is 0.227 e. The monoisotopic (exact) mass is 310 g/mol. The van der Waals surface area contributed by atoms with Gasteiger partial charge in [-0.25, -0.2) is 0 Å². The minimum atomic E-state index is 0.0270. The average Bonchev–Trinajstić information content (AvgIpc) is 3.33. The maximum Gasteiger partial charge on any atom is 0.227 e. The highest BCUT2D eigenvalue weighted by Crippen LogP contribution is 2.33. The highest BCUT2D eigenvalue weighted by molar-refractivity contribution is 8.00. The van der Waals surface area contributed by atoms with Gasteiger partial charge in [-0.2, -0.15) is 11.8 Å². The zero-order valence-electron chi connectivity index (χ0n) is 13.1. The standard InChI is InChI=1S/C16H26N2O2S/c1-11-12(2)21-9-8-18(11)16(20)14-4-3-7-17(10-14)15(19)13-5-6-13/h11-14H,3-10H2,1-2H3/t11-,12+,14-/m1/s1. The third-order valence-corrected chi connectivity index (χ3v) is 6.51. The lowest BCUT2D eigenvalue weighted by atomic mass is 9.95. The summed E-state index contributed by atoms with van der Waals surface area (Å²) in [5.74, 6) is 1.91. The fraction of sp³-hybridized carbons (Fsp3) is 0.875. The molecule has 0 N–H and O–H groups in total. The second-order valence-electron chi connectivity index (χ2n) is 6.75. The SMILES string of the molecule is C[C@@H]1SCCN(C(=O)[C@@H]2CCCN(C(=O)C3CC3)C2)[C@@H]1C. The summed E-state index contributed by atoms with van der Waals surface area (Å²) in [7, 11) is 0. The normalized spacial score (nSPS) is 33.9. The van der Waals surface area contributed by atoms with Crippen molar-refractivity contribution < 1.29 is 9.59 Å². The van der Waals surface area contributed by atoms with Gasteiger partial charge in [0.15, 0.2) is 0 Å². The summed E-state index contributed by atoms with van der Waals surface area (Å²) in [6, 6.07) is 0.311. The lowest BCUT2D eigenvalue weighted by molar-refractivity contribution is -0.142. The number of hydrogen-bond donors (Lipinski definition) is 0. The summed E-state index contributed by atoms with van der Waals surface area (Å²) in [5, 5.41) is 0.510. The Kier molecular flexibility index (Phi) is 4.48. The number of amides is 2. The van der Waals surface area contributed by atoms with E-state index in [-0.39, 0.29) is 17.7 Å². The molecule has 118 valence electrons. The van der Waals surface area contributed by atoms with Crippen LogP contribution in [-0.4, -0.2) is 58.3 Å². The Morgan fingerprint density at radius 3 is 2.48 bits per heavy atom. The first-order valence-electron chi connectivity index (χ1n) is 8.29. The predicted molar refractivity (Wildman–Crippen MR) is 85.1 cm³/mol. The minimum absolute atomic E-state index is 0.0270. The van der Waals surface area contributed by atoms with Crippen LogP contribution in [0.25, 0.3) is 0 Å². The predicted octanol–water partition coefficient (Wildman–Crippen LogP) is 1.99. The van der Waals surface area contributed by atoms with E-state index in [9.17, 15) is 9.59 Å². The Labute approximate surface area is 131 Å². The molecule has 0 radical (unpaired) electrons. The number of likely N-dealkylation sites (tertiary alicyclic amines) is 1. The Morgan fingerprint density at radius 2 is 1.76 bits per heavy atom. The molecule has 2 amide bonds. The van der Waals surface area contributed by atoms with Crippen LogP contribution in [0.4, 0.5) is 0 Å². The number of thioether (sulfide) groups is 1. The van der Waals surface area contributed by atoms with Crippen molar-refractivity contribution in [3.63, 3.8) is 0 Å². The van der Waals surface area contributed by atoms with Gasteiger partial charge in [0.25, 0.3) is 0 Å². The van der Waals surface area contributed by atoms with Gasteiger partial charge < -0.3 is 9.80 Å². The molecule has 0 aromatic rings. The Balaban J connectivity index is 1.62. The summed E-state index contributed by atoms with van der Waals surface area (Å²) in [4.78, 5) is 29.1. The van der Waals surface area contributed by atoms with Crippen LogP contribution in [-0.2, 0) is 9.59 Å². The molecule has 3 aliphatic rings. The van der Waals surface area contributed by atoms with Crippen LogP contribution in [0.3, 0.4) is 0 Å². The number of piperidine rings is 1. The highest BCUT2D eigenvalue weighted by atomic mass is 32.2. The maximum atomic E-state index is 12.8. The molecular weight excluding hydrogens is 284 g/mol. The van der Waals surface area contributed by atoms with E-state index in [0.717, 1.165) is 44.5 Å². The molecule has 1 saturated carbocycles. The summed E-state index contributed by atoms with van der Waals surface area (Å²) in [5.41, 5.74) is 0. The third-order valence-electron chi connectivity index (χ3n) is 5.18. The molecular formula is C16H26N2O2S. The average molecular weight is 310 g/mol. The number of rotatable bonds is 2. The molecule has 4 nitrogen and oxygen atoms in total. The Bertz CT molecular complexity index is 425. The summed E-state index contributed by atoms with van der Waals surface area (Å²) in [6.45, 7) is 6.73. The van der Waals surface area contributed by atoms with Crippen molar-refractivity contribution in [2.24, 2.45) is 11.8 Å². The molecule has 3 fully saturated rings. The van der Waals surface area contributed by atoms with Crippen LogP contribution in [0.2, 0.25) is 0 Å². The fourth-order valence-electron chi connectivity index (χ4n) is 3.45. The molecule has 0 spiro atoms. The Morgan fingerprint density at radius 1 is 1.00 bits per heavy atom. The Hall–Kier alpha value is -0.710. The number of nitrogens with zero attached hydrogens (tertiary/aromatic N) is 2. The van der Waals surface area contributed by atoms with Gasteiger partial charge in [0.05, 0.1) is 5.92 Å². The van der Waals surface area contributed by atoms with Gasteiger partial charge in [-0.1, -0.05) is 6.92 Å². The number of carbonyl (C=O) groups is 2. The van der Waals surface area contributed by atoms with Crippen molar-refractivity contribution in [2.45, 2.75) is 50.8 Å². The van der Waals surface area contributed by atoms with Crippen molar-refractivity contribution in [1.82, 2.24) is 9.80 Å². The van der Waals surface area contributed by atoms with E-state index in [1.54, 1.807) is 0 Å². The van der Waals surface area contributed by atoms with Crippen molar-refractivity contribution in [2.75, 3.05) is 25.4 Å². The van der Waals surface area contributed by atoms with E-state index in [0.29, 0.717) is 23.7 Å². The van der Waals surface area contributed by atoms with Crippen molar-refractivity contribution in [3.8, 4) is 0 Å². The summed E-state index contributed by atoms with van der Waals surface area (Å²) >= 11 is 1.95. The molecule has 3 atom stereocenters. The molecule has 1 aliphatic carbocycles. The zero-order valence-corrected chi connectivity index (χ0v) is 13.9. The van der Waals surface area contributed by atoms with Gasteiger partial charge >= 0.3 is 0 Å². The molecule has 2 heterocycles. The van der Waals surface area contributed by atoms with Crippen LogP contribution >= 0.6 is 11.8 Å². The van der Waals surface area contributed by atoms with Crippen LogP contribution in [0.15, 0.2) is 0 Å². The third kappa shape index (κ3) is 3.22.